The summed E-state index contributed by atoms with van der Waals surface area (Å²) in [5.74, 6) is -0.274. The lowest BCUT2D eigenvalue weighted by Crippen LogP contribution is -2.39. The molecule has 0 spiro atoms. The molecule has 1 aromatic heterocycles. The topological polar surface area (TPSA) is 73.1 Å². The van der Waals surface area contributed by atoms with Crippen LogP contribution in [0.2, 0.25) is 0 Å². The van der Waals surface area contributed by atoms with E-state index in [4.69, 9.17) is 0 Å². The average Bonchev–Trinajstić information content (AvgIpc) is 2.80. The van der Waals surface area contributed by atoms with Crippen LogP contribution >= 0.6 is 0 Å². The van der Waals surface area contributed by atoms with E-state index < -0.39 is 11.2 Å². The molecule has 4 rings (SSSR count). The number of carbonyl (C=O) groups is 1. The van der Waals surface area contributed by atoms with E-state index in [0.717, 1.165) is 11.1 Å². The van der Waals surface area contributed by atoms with Gasteiger partial charge in [0.25, 0.3) is 11.5 Å². The summed E-state index contributed by atoms with van der Waals surface area (Å²) >= 11 is 0. The Balaban J connectivity index is 1.70. The Kier molecular flexibility index (Phi) is 5.30. The molecule has 0 aliphatic rings. The van der Waals surface area contributed by atoms with Crippen LogP contribution in [0, 0.1) is 0 Å². The lowest BCUT2D eigenvalue weighted by Gasteiger charge is -2.12. The number of carbonyl (C=O) groups excluding carboxylic acids is 1. The van der Waals surface area contributed by atoms with Crippen molar-refractivity contribution in [3.63, 3.8) is 0 Å². The van der Waals surface area contributed by atoms with Crippen molar-refractivity contribution in [2.24, 2.45) is 7.05 Å². The van der Waals surface area contributed by atoms with Crippen LogP contribution in [-0.2, 0) is 20.1 Å². The second-order valence-corrected chi connectivity index (χ2v) is 7.12. The predicted octanol–water partition coefficient (Wildman–Crippen LogP) is 2.68. The third-order valence-electron chi connectivity index (χ3n) is 5.09. The van der Waals surface area contributed by atoms with E-state index in [9.17, 15) is 14.4 Å². The zero-order valence-electron chi connectivity index (χ0n) is 16.5. The summed E-state index contributed by atoms with van der Waals surface area (Å²) in [6.45, 7) is 0.565. The second-order valence-electron chi connectivity index (χ2n) is 7.12. The van der Waals surface area contributed by atoms with Crippen molar-refractivity contribution in [3.8, 4) is 0 Å². The van der Waals surface area contributed by atoms with E-state index in [2.05, 4.69) is 5.32 Å². The largest absolute Gasteiger partial charge is 0.348 e. The number of hydrogen-bond donors (Lipinski definition) is 1. The van der Waals surface area contributed by atoms with Crippen LogP contribution < -0.4 is 16.6 Å². The summed E-state index contributed by atoms with van der Waals surface area (Å²) in [6, 6.07) is 23.8. The second kappa shape index (κ2) is 8.21. The van der Waals surface area contributed by atoms with Crippen molar-refractivity contribution in [2.45, 2.75) is 13.1 Å². The summed E-state index contributed by atoms with van der Waals surface area (Å²) in [5, 5.41) is 3.20. The van der Waals surface area contributed by atoms with Gasteiger partial charge in [0.2, 0.25) is 0 Å². The third-order valence-corrected chi connectivity index (χ3v) is 5.09. The Bertz CT molecular complexity index is 1320. The van der Waals surface area contributed by atoms with Crippen molar-refractivity contribution < 1.29 is 4.79 Å². The van der Waals surface area contributed by atoms with Crippen LogP contribution in [0.25, 0.3) is 10.9 Å². The van der Waals surface area contributed by atoms with Crippen LogP contribution in [0.3, 0.4) is 0 Å². The molecule has 6 heteroatoms. The average molecular weight is 399 g/mol. The molecule has 4 aromatic rings. The van der Waals surface area contributed by atoms with Gasteiger partial charge in [0.1, 0.15) is 0 Å². The van der Waals surface area contributed by atoms with E-state index in [1.165, 1.54) is 9.13 Å². The van der Waals surface area contributed by atoms with Gasteiger partial charge in [0.15, 0.2) is 0 Å². The lowest BCUT2D eigenvalue weighted by atomic mass is 10.1. The van der Waals surface area contributed by atoms with Gasteiger partial charge in [-0.05, 0) is 29.3 Å². The Labute approximate surface area is 173 Å². The van der Waals surface area contributed by atoms with Crippen molar-refractivity contribution in [3.05, 3.63) is 116 Å². The minimum Gasteiger partial charge on any atom is -0.348 e. The highest BCUT2D eigenvalue weighted by molar-refractivity contribution is 5.97. The highest BCUT2D eigenvalue weighted by Gasteiger charge is 2.14. The number of aryl methyl sites for hydroxylation is 1. The summed E-state index contributed by atoms with van der Waals surface area (Å²) < 4.78 is 2.63. The Morgan fingerprint density at radius 1 is 0.867 bits per heavy atom. The van der Waals surface area contributed by atoms with Crippen LogP contribution in [0.4, 0.5) is 0 Å². The van der Waals surface area contributed by atoms with Gasteiger partial charge in [-0.3, -0.25) is 18.7 Å². The summed E-state index contributed by atoms with van der Waals surface area (Å²) in [7, 11) is 1.63. The van der Waals surface area contributed by atoms with Crippen LogP contribution in [-0.4, -0.2) is 15.0 Å². The maximum Gasteiger partial charge on any atom is 0.331 e. The van der Waals surface area contributed by atoms with Crippen LogP contribution in [0.1, 0.15) is 21.5 Å². The molecule has 1 heterocycles. The first-order valence-corrected chi connectivity index (χ1v) is 9.64. The third kappa shape index (κ3) is 3.80. The van der Waals surface area contributed by atoms with Crippen molar-refractivity contribution in [1.29, 1.82) is 0 Å². The molecule has 150 valence electrons. The first-order valence-electron chi connectivity index (χ1n) is 9.64. The number of amides is 1. The summed E-state index contributed by atoms with van der Waals surface area (Å²) in [4.78, 5) is 38.4. The molecule has 30 heavy (non-hydrogen) atoms. The number of aromatic nitrogens is 2. The van der Waals surface area contributed by atoms with Gasteiger partial charge in [-0.2, -0.15) is 0 Å². The summed E-state index contributed by atoms with van der Waals surface area (Å²) in [6.07, 6.45) is 0. The van der Waals surface area contributed by atoms with Gasteiger partial charge in [0, 0.05) is 19.2 Å². The number of benzene rings is 3. The molecule has 0 saturated carbocycles. The number of nitrogens with zero attached hydrogens (tertiary/aromatic N) is 2. The molecule has 3 aromatic carbocycles. The van der Waals surface area contributed by atoms with Crippen molar-refractivity contribution in [1.82, 2.24) is 14.5 Å². The molecule has 0 bridgehead atoms. The van der Waals surface area contributed by atoms with E-state index >= 15 is 0 Å². The molecule has 0 fully saturated rings. The lowest BCUT2D eigenvalue weighted by molar-refractivity contribution is 0.0951. The number of rotatable bonds is 5. The fraction of sp³-hybridized carbons (Fsp3) is 0.125. The molecular formula is C24H21N3O3. The Morgan fingerprint density at radius 3 is 2.17 bits per heavy atom. The van der Waals surface area contributed by atoms with Gasteiger partial charge < -0.3 is 5.32 Å². The normalized spacial score (nSPS) is 10.8. The van der Waals surface area contributed by atoms with Gasteiger partial charge >= 0.3 is 5.69 Å². The fourth-order valence-corrected chi connectivity index (χ4v) is 3.44. The molecule has 0 radical (unpaired) electrons. The van der Waals surface area contributed by atoms with E-state index in [0.29, 0.717) is 23.0 Å². The maximum atomic E-state index is 13.1. The molecule has 0 aliphatic carbocycles. The van der Waals surface area contributed by atoms with Crippen molar-refractivity contribution in [2.75, 3.05) is 0 Å². The molecular weight excluding hydrogens is 378 g/mol. The van der Waals surface area contributed by atoms with Crippen molar-refractivity contribution >= 4 is 16.8 Å². The summed E-state index contributed by atoms with van der Waals surface area (Å²) in [5.41, 5.74) is 1.91. The minimum atomic E-state index is -0.408. The Morgan fingerprint density at radius 2 is 1.50 bits per heavy atom. The molecule has 1 amide bonds. The highest BCUT2D eigenvalue weighted by atomic mass is 16.2. The quantitative estimate of drug-likeness (QED) is 0.561. The van der Waals surface area contributed by atoms with E-state index in [1.54, 1.807) is 25.2 Å². The maximum absolute atomic E-state index is 13.1. The first-order chi connectivity index (χ1) is 14.5. The van der Waals surface area contributed by atoms with Gasteiger partial charge in [0.05, 0.1) is 17.4 Å². The van der Waals surface area contributed by atoms with E-state index in [-0.39, 0.29) is 12.5 Å². The smallest absolute Gasteiger partial charge is 0.331 e. The zero-order valence-corrected chi connectivity index (χ0v) is 16.5. The van der Waals surface area contributed by atoms with E-state index in [1.807, 2.05) is 60.7 Å². The first kappa shape index (κ1) is 19.4. The molecule has 1 N–H and O–H groups in total. The minimum absolute atomic E-state index is 0.173. The number of nitrogens with one attached hydrogen (secondary N) is 1. The fourth-order valence-electron chi connectivity index (χ4n) is 3.44. The predicted molar refractivity (Wildman–Crippen MR) is 117 cm³/mol. The van der Waals surface area contributed by atoms with Gasteiger partial charge in [-0.25, -0.2) is 4.79 Å². The standard InChI is InChI=1S/C24H21N3O3/c1-26-21-13-12-19(22(28)25-15-17-8-4-2-5-9-17)14-20(21)23(29)27(24(26)30)16-18-10-6-3-7-11-18/h2-14H,15-16H2,1H3,(H,25,28). The van der Waals surface area contributed by atoms with Crippen LogP contribution in [0.5, 0.6) is 0 Å². The van der Waals surface area contributed by atoms with Gasteiger partial charge in [-0.1, -0.05) is 60.7 Å². The zero-order chi connectivity index (χ0) is 21.1. The SMILES string of the molecule is Cn1c(=O)n(Cc2ccccc2)c(=O)c2cc(C(=O)NCc3ccccc3)ccc21. The van der Waals surface area contributed by atoms with Gasteiger partial charge in [-0.15, -0.1) is 0 Å². The molecule has 0 saturated heterocycles. The highest BCUT2D eigenvalue weighted by Crippen LogP contribution is 2.12. The molecule has 6 nitrogen and oxygen atoms in total. The monoisotopic (exact) mass is 399 g/mol. The number of fused-ring (bicyclic) bond motifs is 1. The van der Waals surface area contributed by atoms with Crippen LogP contribution in [0.15, 0.2) is 88.5 Å². The molecule has 0 unspecified atom stereocenters. The molecule has 0 aliphatic heterocycles. The number of hydrogen-bond acceptors (Lipinski definition) is 3. The Hall–Kier alpha value is -3.93. The molecule has 0 atom stereocenters.